The first kappa shape index (κ1) is 19.0. The Balaban J connectivity index is 1.31. The van der Waals surface area contributed by atoms with Gasteiger partial charge in [0.25, 0.3) is 0 Å². The number of pyridine rings is 1. The zero-order chi connectivity index (χ0) is 20.2. The molecule has 1 aliphatic rings. The number of piperazine rings is 1. The Labute approximate surface area is 166 Å². The summed E-state index contributed by atoms with van der Waals surface area (Å²) < 4.78 is 33.2. The van der Waals surface area contributed by atoms with Gasteiger partial charge in [0.1, 0.15) is 17.5 Å². The molecule has 0 unspecified atom stereocenters. The van der Waals surface area contributed by atoms with Gasteiger partial charge in [-0.2, -0.15) is 0 Å². The number of aromatic nitrogens is 2. The highest BCUT2D eigenvalue weighted by atomic mass is 19.1. The highest BCUT2D eigenvalue weighted by molar-refractivity contribution is 5.76. The molecular weight excluding hydrogens is 378 g/mol. The number of carbonyl (C=O) groups is 1. The van der Waals surface area contributed by atoms with Crippen LogP contribution in [0.1, 0.15) is 12.3 Å². The molecule has 0 spiro atoms. The molecule has 0 aliphatic carbocycles. The van der Waals surface area contributed by atoms with E-state index in [1.54, 1.807) is 11.1 Å². The minimum atomic E-state index is -0.713. The molecule has 8 heteroatoms. The maximum absolute atomic E-state index is 13.9. The number of hydrogen-bond donors (Lipinski definition) is 0. The fourth-order valence-electron chi connectivity index (χ4n) is 3.37. The first-order valence-electron chi connectivity index (χ1n) is 9.44. The van der Waals surface area contributed by atoms with E-state index in [4.69, 9.17) is 4.42 Å². The number of hydrogen-bond acceptors (Lipinski definition) is 5. The van der Waals surface area contributed by atoms with Crippen LogP contribution in [0.25, 0.3) is 11.3 Å². The molecule has 6 nitrogen and oxygen atoms in total. The van der Waals surface area contributed by atoms with E-state index in [1.807, 2.05) is 18.2 Å². The highest BCUT2D eigenvalue weighted by Crippen LogP contribution is 2.27. The van der Waals surface area contributed by atoms with E-state index < -0.39 is 11.6 Å². The van der Waals surface area contributed by atoms with E-state index in [0.717, 1.165) is 31.0 Å². The van der Waals surface area contributed by atoms with Crippen LogP contribution < -0.4 is 4.90 Å². The monoisotopic (exact) mass is 398 g/mol. The van der Waals surface area contributed by atoms with Crippen LogP contribution in [0.15, 0.2) is 53.2 Å². The van der Waals surface area contributed by atoms with Crippen molar-refractivity contribution in [3.05, 3.63) is 66.3 Å². The summed E-state index contributed by atoms with van der Waals surface area (Å²) in [6.07, 6.45) is 3.54. The Morgan fingerprint density at radius 3 is 2.45 bits per heavy atom. The first-order valence-corrected chi connectivity index (χ1v) is 9.44. The van der Waals surface area contributed by atoms with Crippen LogP contribution >= 0.6 is 0 Å². The van der Waals surface area contributed by atoms with Gasteiger partial charge in [0.15, 0.2) is 11.7 Å². The molecule has 150 valence electrons. The van der Waals surface area contributed by atoms with E-state index in [2.05, 4.69) is 14.9 Å². The number of aryl methyl sites for hydroxylation is 1. The Kier molecular flexibility index (Phi) is 5.50. The van der Waals surface area contributed by atoms with Crippen molar-refractivity contribution in [3.63, 3.8) is 0 Å². The highest BCUT2D eigenvalue weighted by Gasteiger charge is 2.22. The molecule has 1 aromatic carbocycles. The van der Waals surface area contributed by atoms with Crippen molar-refractivity contribution >= 4 is 11.7 Å². The van der Waals surface area contributed by atoms with Crippen LogP contribution in [0.5, 0.6) is 0 Å². The SMILES string of the molecule is O=C(CCc1ncc(-c2c(F)cccc2F)o1)N1CCN(c2ccccn2)CC1. The zero-order valence-electron chi connectivity index (χ0n) is 15.7. The van der Waals surface area contributed by atoms with Gasteiger partial charge >= 0.3 is 0 Å². The fourth-order valence-corrected chi connectivity index (χ4v) is 3.37. The lowest BCUT2D eigenvalue weighted by molar-refractivity contribution is -0.131. The fraction of sp³-hybridized carbons (Fsp3) is 0.286. The molecule has 1 saturated heterocycles. The standard InChI is InChI=1S/C21H20F2N4O2/c22-15-4-3-5-16(23)21(15)17-14-25-19(29-17)7-8-20(28)27-12-10-26(11-13-27)18-6-1-2-9-24-18/h1-6,9,14H,7-8,10-13H2. The number of nitrogens with zero attached hydrogens (tertiary/aromatic N) is 4. The molecule has 29 heavy (non-hydrogen) atoms. The van der Waals surface area contributed by atoms with Gasteiger partial charge in [-0.3, -0.25) is 4.79 Å². The van der Waals surface area contributed by atoms with Gasteiger partial charge in [0.2, 0.25) is 5.91 Å². The lowest BCUT2D eigenvalue weighted by Gasteiger charge is -2.35. The largest absolute Gasteiger partial charge is 0.441 e. The average Bonchev–Trinajstić information content (AvgIpc) is 3.21. The first-order chi connectivity index (χ1) is 14.1. The number of benzene rings is 1. The number of carbonyl (C=O) groups excluding carboxylic acids is 1. The van der Waals surface area contributed by atoms with Crippen LogP contribution in [0.2, 0.25) is 0 Å². The van der Waals surface area contributed by atoms with Gasteiger partial charge in [0, 0.05) is 45.2 Å². The zero-order valence-corrected chi connectivity index (χ0v) is 15.7. The smallest absolute Gasteiger partial charge is 0.223 e. The van der Waals surface area contributed by atoms with Gasteiger partial charge in [-0.25, -0.2) is 18.7 Å². The summed E-state index contributed by atoms with van der Waals surface area (Å²) >= 11 is 0. The molecule has 1 aliphatic heterocycles. The predicted molar refractivity (Wildman–Crippen MR) is 103 cm³/mol. The molecular formula is C21H20F2N4O2. The lowest BCUT2D eigenvalue weighted by Crippen LogP contribution is -2.49. The Morgan fingerprint density at radius 1 is 1.00 bits per heavy atom. The third-order valence-electron chi connectivity index (χ3n) is 4.92. The number of amides is 1. The molecule has 0 radical (unpaired) electrons. The maximum Gasteiger partial charge on any atom is 0.223 e. The second-order valence-electron chi connectivity index (χ2n) is 6.77. The van der Waals surface area contributed by atoms with Gasteiger partial charge in [-0.1, -0.05) is 12.1 Å². The summed E-state index contributed by atoms with van der Waals surface area (Å²) in [4.78, 5) is 24.8. The van der Waals surface area contributed by atoms with Crippen LogP contribution in [0, 0.1) is 11.6 Å². The lowest BCUT2D eigenvalue weighted by atomic mass is 10.1. The van der Waals surface area contributed by atoms with E-state index in [0.29, 0.717) is 13.1 Å². The summed E-state index contributed by atoms with van der Waals surface area (Å²) in [6.45, 7) is 2.68. The van der Waals surface area contributed by atoms with Gasteiger partial charge in [0.05, 0.1) is 11.8 Å². The van der Waals surface area contributed by atoms with E-state index in [9.17, 15) is 13.6 Å². The summed E-state index contributed by atoms with van der Waals surface area (Å²) in [5, 5.41) is 0. The van der Waals surface area contributed by atoms with E-state index in [1.165, 1.54) is 12.3 Å². The predicted octanol–water partition coefficient (Wildman–Crippen LogP) is 3.30. The molecule has 3 heterocycles. The third kappa shape index (κ3) is 4.26. The van der Waals surface area contributed by atoms with Crippen molar-refractivity contribution < 1.29 is 18.0 Å². The van der Waals surface area contributed by atoms with Crippen molar-refractivity contribution in [2.75, 3.05) is 31.1 Å². The van der Waals surface area contributed by atoms with Crippen molar-refractivity contribution in [2.45, 2.75) is 12.8 Å². The molecule has 0 bridgehead atoms. The van der Waals surface area contributed by atoms with Crippen molar-refractivity contribution in [2.24, 2.45) is 0 Å². The summed E-state index contributed by atoms with van der Waals surface area (Å²) in [5.41, 5.74) is -0.247. The third-order valence-corrected chi connectivity index (χ3v) is 4.92. The molecule has 1 amide bonds. The Hall–Kier alpha value is -3.29. The molecule has 1 fully saturated rings. The normalized spacial score (nSPS) is 14.3. The molecule has 0 saturated carbocycles. The van der Waals surface area contributed by atoms with E-state index >= 15 is 0 Å². The van der Waals surface area contributed by atoms with Crippen molar-refractivity contribution in [1.29, 1.82) is 0 Å². The van der Waals surface area contributed by atoms with Crippen LogP contribution in [0.4, 0.5) is 14.6 Å². The maximum atomic E-state index is 13.9. The van der Waals surface area contributed by atoms with Crippen LogP contribution in [-0.2, 0) is 11.2 Å². The van der Waals surface area contributed by atoms with Crippen molar-refractivity contribution in [1.82, 2.24) is 14.9 Å². The molecule has 2 aromatic heterocycles. The van der Waals surface area contributed by atoms with Gasteiger partial charge in [-0.15, -0.1) is 0 Å². The molecule has 0 atom stereocenters. The molecule has 3 aromatic rings. The Morgan fingerprint density at radius 2 is 1.76 bits per heavy atom. The molecule has 0 N–H and O–H groups in total. The molecule has 4 rings (SSSR count). The minimum absolute atomic E-state index is 0.00231. The summed E-state index contributed by atoms with van der Waals surface area (Å²) in [5.74, 6) is -0.214. The van der Waals surface area contributed by atoms with E-state index in [-0.39, 0.29) is 36.0 Å². The second kappa shape index (κ2) is 8.38. The summed E-state index contributed by atoms with van der Waals surface area (Å²) in [7, 11) is 0. The number of halogens is 2. The van der Waals surface area contributed by atoms with Gasteiger partial charge in [-0.05, 0) is 24.3 Å². The second-order valence-corrected chi connectivity index (χ2v) is 6.77. The topological polar surface area (TPSA) is 62.5 Å². The van der Waals surface area contributed by atoms with Crippen LogP contribution in [0.3, 0.4) is 0 Å². The van der Waals surface area contributed by atoms with Crippen molar-refractivity contribution in [3.8, 4) is 11.3 Å². The average molecular weight is 398 g/mol. The Bertz CT molecular complexity index is 965. The number of rotatable bonds is 5. The van der Waals surface area contributed by atoms with Gasteiger partial charge < -0.3 is 14.2 Å². The number of anilines is 1. The summed E-state index contributed by atoms with van der Waals surface area (Å²) in [6, 6.07) is 9.38. The number of oxazole rings is 1. The minimum Gasteiger partial charge on any atom is -0.441 e. The van der Waals surface area contributed by atoms with Crippen LogP contribution in [-0.4, -0.2) is 47.0 Å². The quantitative estimate of drug-likeness (QED) is 0.660.